The molecule has 1 aliphatic rings. The highest BCUT2D eigenvalue weighted by Gasteiger charge is 2.48. The molecule has 2 nitrogen and oxygen atoms in total. The first kappa shape index (κ1) is 15.6. The van der Waals surface area contributed by atoms with Gasteiger partial charge in [-0.3, -0.25) is 4.79 Å². The summed E-state index contributed by atoms with van der Waals surface area (Å²) in [4.78, 5) is 12.7. The van der Waals surface area contributed by atoms with Gasteiger partial charge >= 0.3 is 5.97 Å². The molecular formula is C20H15BrO2. The van der Waals surface area contributed by atoms with E-state index in [2.05, 4.69) is 21.9 Å². The van der Waals surface area contributed by atoms with Crippen LogP contribution in [0.4, 0.5) is 0 Å². The van der Waals surface area contributed by atoms with Gasteiger partial charge in [0.05, 0.1) is 4.48 Å². The highest BCUT2D eigenvalue weighted by Crippen LogP contribution is 2.45. The molecule has 23 heavy (non-hydrogen) atoms. The van der Waals surface area contributed by atoms with Gasteiger partial charge in [0.1, 0.15) is 11.2 Å². The molecule has 2 aromatic rings. The Hall–Kier alpha value is -2.31. The number of hydrogen-bond donors (Lipinski definition) is 0. The van der Waals surface area contributed by atoms with E-state index in [1.165, 1.54) is 0 Å². The van der Waals surface area contributed by atoms with Crippen LogP contribution in [0.1, 0.15) is 24.0 Å². The number of hydrogen-bond acceptors (Lipinski definition) is 2. The largest absolute Gasteiger partial charge is 0.429 e. The van der Waals surface area contributed by atoms with Gasteiger partial charge in [0, 0.05) is 12.8 Å². The molecule has 1 fully saturated rings. The minimum absolute atomic E-state index is 0.287. The van der Waals surface area contributed by atoms with Crippen LogP contribution in [-0.2, 0) is 14.9 Å². The number of cyclic esters (lactones) is 1. The van der Waals surface area contributed by atoms with Gasteiger partial charge in [0.25, 0.3) is 0 Å². The predicted octanol–water partition coefficient (Wildman–Crippen LogP) is 4.66. The average molecular weight is 367 g/mol. The lowest BCUT2D eigenvalue weighted by Gasteiger charge is -2.22. The summed E-state index contributed by atoms with van der Waals surface area (Å²) >= 11 is 3.57. The van der Waals surface area contributed by atoms with Crippen molar-refractivity contribution in [2.75, 3.05) is 0 Å². The Balaban J connectivity index is 2.05. The molecule has 1 saturated heterocycles. The fourth-order valence-corrected chi connectivity index (χ4v) is 3.33. The quantitative estimate of drug-likeness (QED) is 0.583. The first-order chi connectivity index (χ1) is 11.2. The van der Waals surface area contributed by atoms with Gasteiger partial charge in [-0.05, 0) is 27.1 Å². The molecule has 0 saturated carbocycles. The summed E-state index contributed by atoms with van der Waals surface area (Å²) in [5.74, 6) is 2.98. The van der Waals surface area contributed by atoms with E-state index in [1.807, 2.05) is 60.7 Å². The van der Waals surface area contributed by atoms with Crippen molar-refractivity contribution < 1.29 is 9.53 Å². The number of allylic oxidation sites excluding steroid dienone is 1. The molecule has 0 bridgehead atoms. The molecule has 0 amide bonds. The minimum atomic E-state index is -0.806. The highest BCUT2D eigenvalue weighted by molar-refractivity contribution is 9.15. The number of carbonyl (C=O) groups excluding carboxylic acids is 1. The van der Waals surface area contributed by atoms with Crippen LogP contribution in [-0.4, -0.2) is 5.97 Å². The summed E-state index contributed by atoms with van der Waals surface area (Å²) in [6.07, 6.45) is 6.31. The lowest BCUT2D eigenvalue weighted by Crippen LogP contribution is -2.30. The molecule has 3 rings (SSSR count). The maximum absolute atomic E-state index is 12.7. The Morgan fingerprint density at radius 3 is 2.35 bits per heavy atom. The average Bonchev–Trinajstić information content (AvgIpc) is 2.94. The number of esters is 1. The monoisotopic (exact) mass is 366 g/mol. The van der Waals surface area contributed by atoms with E-state index in [9.17, 15) is 4.79 Å². The second-order valence-corrected chi connectivity index (χ2v) is 6.29. The SMILES string of the molecule is C#CCC1(c2ccccc2)C/C(=C(\Br)c2ccccc2)OC1=O. The predicted molar refractivity (Wildman–Crippen MR) is 94.6 cm³/mol. The minimum Gasteiger partial charge on any atom is -0.429 e. The van der Waals surface area contributed by atoms with Gasteiger partial charge in [-0.15, -0.1) is 12.3 Å². The zero-order valence-electron chi connectivity index (χ0n) is 12.5. The van der Waals surface area contributed by atoms with Gasteiger partial charge in [-0.25, -0.2) is 0 Å². The summed E-state index contributed by atoms with van der Waals surface area (Å²) in [5.41, 5.74) is 1.06. The molecule has 1 aliphatic heterocycles. The second kappa shape index (κ2) is 6.44. The molecule has 0 radical (unpaired) electrons. The topological polar surface area (TPSA) is 26.3 Å². The van der Waals surface area contributed by atoms with Gasteiger partial charge < -0.3 is 4.74 Å². The van der Waals surface area contributed by atoms with Crippen molar-refractivity contribution in [3.63, 3.8) is 0 Å². The van der Waals surface area contributed by atoms with E-state index in [1.54, 1.807) is 0 Å². The molecular weight excluding hydrogens is 352 g/mol. The molecule has 1 atom stereocenters. The first-order valence-corrected chi connectivity index (χ1v) is 8.12. The summed E-state index contributed by atoms with van der Waals surface area (Å²) < 4.78 is 6.39. The smallest absolute Gasteiger partial charge is 0.323 e. The fraction of sp³-hybridized carbons (Fsp3) is 0.150. The number of rotatable bonds is 3. The van der Waals surface area contributed by atoms with E-state index in [0.29, 0.717) is 18.6 Å². The number of benzene rings is 2. The zero-order valence-corrected chi connectivity index (χ0v) is 14.0. The first-order valence-electron chi connectivity index (χ1n) is 7.33. The maximum Gasteiger partial charge on any atom is 0.323 e. The molecule has 1 heterocycles. The Kier molecular flexibility index (Phi) is 4.36. The molecule has 0 N–H and O–H groups in total. The van der Waals surface area contributed by atoms with Crippen molar-refractivity contribution in [3.05, 3.63) is 77.5 Å². The van der Waals surface area contributed by atoms with Crippen LogP contribution in [0.3, 0.4) is 0 Å². The Labute approximate surface area is 144 Å². The van der Waals surface area contributed by atoms with Crippen LogP contribution in [0, 0.1) is 12.3 Å². The Morgan fingerprint density at radius 1 is 1.13 bits per heavy atom. The summed E-state index contributed by atoms with van der Waals surface area (Å²) in [7, 11) is 0. The highest BCUT2D eigenvalue weighted by atomic mass is 79.9. The normalized spacial score (nSPS) is 22.3. The zero-order chi connectivity index (χ0) is 16.3. The van der Waals surface area contributed by atoms with Crippen LogP contribution in [0.25, 0.3) is 4.48 Å². The second-order valence-electron chi connectivity index (χ2n) is 5.50. The third kappa shape index (κ3) is 2.83. The Morgan fingerprint density at radius 2 is 1.74 bits per heavy atom. The number of halogens is 1. The van der Waals surface area contributed by atoms with Gasteiger partial charge in [-0.2, -0.15) is 0 Å². The summed E-state index contributed by atoms with van der Waals surface area (Å²) in [6.45, 7) is 0. The molecule has 0 aromatic heterocycles. The van der Waals surface area contributed by atoms with E-state index in [-0.39, 0.29) is 5.97 Å². The van der Waals surface area contributed by atoms with Crippen LogP contribution in [0.15, 0.2) is 66.4 Å². The molecule has 114 valence electrons. The van der Waals surface area contributed by atoms with Crippen molar-refractivity contribution >= 4 is 26.4 Å². The molecule has 0 aliphatic carbocycles. The third-order valence-corrected chi connectivity index (χ3v) is 4.97. The standard InChI is InChI=1S/C20H15BrO2/c1-2-13-20(16-11-7-4-8-12-16)14-17(23-19(20)22)18(21)15-9-5-3-6-10-15/h1,3-12H,13-14H2/b18-17+. The van der Waals surface area contributed by atoms with Crippen LogP contribution >= 0.6 is 15.9 Å². The number of ether oxygens (including phenoxy) is 1. The number of terminal acetylenes is 1. The molecule has 3 heteroatoms. The van der Waals surface area contributed by atoms with E-state index in [4.69, 9.17) is 11.2 Å². The van der Waals surface area contributed by atoms with Gasteiger partial charge in [-0.1, -0.05) is 60.7 Å². The van der Waals surface area contributed by atoms with E-state index >= 15 is 0 Å². The van der Waals surface area contributed by atoms with E-state index < -0.39 is 5.41 Å². The molecule has 2 aromatic carbocycles. The van der Waals surface area contributed by atoms with Crippen molar-refractivity contribution in [1.82, 2.24) is 0 Å². The van der Waals surface area contributed by atoms with E-state index in [0.717, 1.165) is 15.6 Å². The molecule has 1 unspecified atom stereocenters. The van der Waals surface area contributed by atoms with Crippen molar-refractivity contribution in [2.45, 2.75) is 18.3 Å². The lowest BCUT2D eigenvalue weighted by molar-refractivity contribution is -0.140. The third-order valence-electron chi connectivity index (χ3n) is 4.07. The Bertz CT molecular complexity index is 787. The summed E-state index contributed by atoms with van der Waals surface area (Å²) in [5, 5.41) is 0. The van der Waals surface area contributed by atoms with Gasteiger partial charge in [0.15, 0.2) is 0 Å². The van der Waals surface area contributed by atoms with Crippen LogP contribution < -0.4 is 0 Å². The lowest BCUT2D eigenvalue weighted by atomic mass is 9.76. The van der Waals surface area contributed by atoms with Crippen molar-refractivity contribution in [1.29, 1.82) is 0 Å². The van der Waals surface area contributed by atoms with Crippen LogP contribution in [0.5, 0.6) is 0 Å². The van der Waals surface area contributed by atoms with Crippen molar-refractivity contribution in [2.24, 2.45) is 0 Å². The summed E-state index contributed by atoms with van der Waals surface area (Å²) in [6, 6.07) is 19.4. The van der Waals surface area contributed by atoms with Gasteiger partial charge in [0.2, 0.25) is 0 Å². The van der Waals surface area contributed by atoms with Crippen molar-refractivity contribution in [3.8, 4) is 12.3 Å². The molecule has 0 spiro atoms. The fourth-order valence-electron chi connectivity index (χ4n) is 2.85. The number of carbonyl (C=O) groups is 1. The van der Waals surface area contributed by atoms with Crippen LogP contribution in [0.2, 0.25) is 0 Å². The maximum atomic E-state index is 12.7.